The highest BCUT2D eigenvalue weighted by molar-refractivity contribution is 7.80. The molecule has 0 aromatic heterocycles. The quantitative estimate of drug-likeness (QED) is 0.524. The molecule has 1 saturated heterocycles. The summed E-state index contributed by atoms with van der Waals surface area (Å²) >= 11 is 4.94. The van der Waals surface area contributed by atoms with Crippen LogP contribution in [0.25, 0.3) is 0 Å². The predicted molar refractivity (Wildman–Crippen MR) is 40.1 cm³/mol. The molecule has 0 bridgehead atoms. The van der Waals surface area contributed by atoms with E-state index >= 15 is 0 Å². The third kappa shape index (κ3) is 0.794. The van der Waals surface area contributed by atoms with Gasteiger partial charge in [0.2, 0.25) is 5.91 Å². The topological polar surface area (TPSA) is 41.1 Å². The van der Waals surface area contributed by atoms with Gasteiger partial charge < -0.3 is 0 Å². The Kier molecular flexibility index (Phi) is 1.17. The second kappa shape index (κ2) is 1.92. The van der Waals surface area contributed by atoms with Crippen molar-refractivity contribution in [1.82, 2.24) is 10.9 Å². The van der Waals surface area contributed by atoms with Crippen molar-refractivity contribution in [3.63, 3.8) is 0 Å². The lowest BCUT2D eigenvalue weighted by atomic mass is 10.1. The van der Waals surface area contributed by atoms with Crippen LogP contribution < -0.4 is 10.9 Å². The Bertz CT molecular complexity index is 184. The highest BCUT2D eigenvalue weighted by Crippen LogP contribution is 2.38. The first-order valence-corrected chi connectivity index (χ1v) is 3.79. The van der Waals surface area contributed by atoms with Crippen LogP contribution in [0.2, 0.25) is 0 Å². The summed E-state index contributed by atoms with van der Waals surface area (Å²) in [4.78, 5) is 11.7. The zero-order chi connectivity index (χ0) is 7.14. The van der Waals surface area contributed by atoms with Gasteiger partial charge in [0.15, 0.2) is 0 Å². The number of thiocarbonyl (C=S) groups is 1. The minimum absolute atomic E-state index is 0.0185. The summed E-state index contributed by atoms with van der Waals surface area (Å²) in [5, 5.41) is 0. The molecule has 1 atom stereocenters. The van der Waals surface area contributed by atoms with Gasteiger partial charge in [-0.2, -0.15) is 0 Å². The second-order valence-electron chi connectivity index (χ2n) is 2.79. The molecule has 2 rings (SSSR count). The number of amides is 1. The summed E-state index contributed by atoms with van der Waals surface area (Å²) in [5.41, 5.74) is 5.18. The van der Waals surface area contributed by atoms with Crippen LogP contribution in [0.5, 0.6) is 0 Å². The summed E-state index contributed by atoms with van der Waals surface area (Å²) < 4.78 is 0. The molecular weight excluding hydrogens is 148 g/mol. The van der Waals surface area contributed by atoms with E-state index in [0.29, 0.717) is 10.9 Å². The summed E-state index contributed by atoms with van der Waals surface area (Å²) in [7, 11) is 0. The largest absolute Gasteiger partial charge is 0.291 e. The zero-order valence-electron chi connectivity index (χ0n) is 5.39. The Morgan fingerprint density at radius 3 is 2.50 bits per heavy atom. The van der Waals surface area contributed by atoms with Crippen LogP contribution in [-0.2, 0) is 4.79 Å². The van der Waals surface area contributed by atoms with Crippen LogP contribution >= 0.6 is 12.2 Å². The first kappa shape index (κ1) is 6.09. The predicted octanol–water partition coefficient (Wildman–Crippen LogP) is -0.0256. The monoisotopic (exact) mass is 156 g/mol. The fourth-order valence-corrected chi connectivity index (χ4v) is 1.61. The Morgan fingerprint density at radius 2 is 2.10 bits per heavy atom. The molecule has 1 aliphatic heterocycles. The smallest absolute Gasteiger partial charge is 0.248 e. The third-order valence-electron chi connectivity index (χ3n) is 1.97. The van der Waals surface area contributed by atoms with Crippen LogP contribution in [0, 0.1) is 11.8 Å². The molecule has 4 heteroatoms. The molecule has 0 spiro atoms. The van der Waals surface area contributed by atoms with E-state index in [1.807, 2.05) is 0 Å². The minimum atomic E-state index is -0.0185. The van der Waals surface area contributed by atoms with Crippen LogP contribution in [0.1, 0.15) is 12.8 Å². The summed E-state index contributed by atoms with van der Waals surface area (Å²) in [6, 6.07) is 0. The van der Waals surface area contributed by atoms with Gasteiger partial charge in [0.1, 0.15) is 4.99 Å². The van der Waals surface area contributed by atoms with Gasteiger partial charge >= 0.3 is 0 Å². The van der Waals surface area contributed by atoms with Gasteiger partial charge in [-0.15, -0.1) is 0 Å². The van der Waals surface area contributed by atoms with E-state index in [2.05, 4.69) is 10.9 Å². The number of carbonyl (C=O) groups excluding carboxylic acids is 1. The van der Waals surface area contributed by atoms with Crippen LogP contribution in [0.3, 0.4) is 0 Å². The molecule has 1 aliphatic carbocycles. The highest BCUT2D eigenvalue weighted by Gasteiger charge is 2.42. The van der Waals surface area contributed by atoms with Gasteiger partial charge in [0, 0.05) is 0 Å². The molecule has 0 aromatic carbocycles. The highest BCUT2D eigenvalue weighted by atomic mass is 32.1. The van der Waals surface area contributed by atoms with Crippen molar-refractivity contribution in [1.29, 1.82) is 0 Å². The number of nitrogens with one attached hydrogen (secondary N) is 2. The lowest BCUT2D eigenvalue weighted by Crippen LogP contribution is -2.27. The van der Waals surface area contributed by atoms with E-state index in [4.69, 9.17) is 12.2 Å². The van der Waals surface area contributed by atoms with Gasteiger partial charge in [-0.1, -0.05) is 12.2 Å². The van der Waals surface area contributed by atoms with Crippen molar-refractivity contribution < 1.29 is 4.79 Å². The maximum absolute atomic E-state index is 11.0. The Balaban J connectivity index is 2.15. The summed E-state index contributed by atoms with van der Waals surface area (Å²) in [6.45, 7) is 0. The summed E-state index contributed by atoms with van der Waals surface area (Å²) in [6.07, 6.45) is 2.31. The number of hydrogen-bond acceptors (Lipinski definition) is 2. The molecule has 1 amide bonds. The van der Waals surface area contributed by atoms with E-state index in [0.717, 1.165) is 12.8 Å². The fourth-order valence-electron chi connectivity index (χ4n) is 1.26. The Hall–Kier alpha value is -0.640. The molecule has 1 saturated carbocycles. The van der Waals surface area contributed by atoms with Gasteiger partial charge in [-0.3, -0.25) is 15.6 Å². The normalized spacial score (nSPS) is 31.8. The Labute approximate surface area is 64.1 Å². The molecule has 54 valence electrons. The molecule has 1 unspecified atom stereocenters. The standard InChI is InChI=1S/C6H8N2OS/c9-5-4(3-1-2-3)6(10)8-7-5/h3-4H,1-2H2,(H,7,9)(H,8,10). The summed E-state index contributed by atoms with van der Waals surface area (Å²) in [5.74, 6) is 0.560. The fraction of sp³-hybridized carbons (Fsp3) is 0.667. The van der Waals surface area contributed by atoms with Gasteiger partial charge in [-0.25, -0.2) is 0 Å². The van der Waals surface area contributed by atoms with Gasteiger partial charge in [-0.05, 0) is 18.8 Å². The molecule has 2 fully saturated rings. The molecule has 2 N–H and O–H groups in total. The zero-order valence-corrected chi connectivity index (χ0v) is 6.20. The van der Waals surface area contributed by atoms with Crippen molar-refractivity contribution in [3.05, 3.63) is 0 Å². The van der Waals surface area contributed by atoms with Gasteiger partial charge in [0.25, 0.3) is 0 Å². The first-order chi connectivity index (χ1) is 4.79. The van der Waals surface area contributed by atoms with Crippen molar-refractivity contribution >= 4 is 23.1 Å². The van der Waals surface area contributed by atoms with Crippen LogP contribution in [-0.4, -0.2) is 10.9 Å². The first-order valence-electron chi connectivity index (χ1n) is 3.39. The molecule has 2 aliphatic rings. The number of hydrazine groups is 1. The van der Waals surface area contributed by atoms with E-state index in [1.54, 1.807) is 0 Å². The Morgan fingerprint density at radius 1 is 1.40 bits per heavy atom. The molecule has 0 aromatic rings. The van der Waals surface area contributed by atoms with Crippen molar-refractivity contribution in [2.24, 2.45) is 11.8 Å². The van der Waals surface area contributed by atoms with E-state index in [1.165, 1.54) is 0 Å². The molecule has 0 radical (unpaired) electrons. The molecule has 3 nitrogen and oxygen atoms in total. The third-order valence-corrected chi connectivity index (χ3v) is 2.32. The number of carbonyl (C=O) groups is 1. The molecule has 10 heavy (non-hydrogen) atoms. The SMILES string of the molecule is O=C1NNC(=S)C1C1CC1. The number of hydrogen-bond donors (Lipinski definition) is 2. The average molecular weight is 156 g/mol. The van der Waals surface area contributed by atoms with Crippen molar-refractivity contribution in [3.8, 4) is 0 Å². The second-order valence-corrected chi connectivity index (χ2v) is 3.23. The number of rotatable bonds is 1. The molecule has 1 heterocycles. The maximum atomic E-state index is 11.0. The molecular formula is C6H8N2OS. The van der Waals surface area contributed by atoms with E-state index in [9.17, 15) is 4.79 Å². The lowest BCUT2D eigenvalue weighted by Gasteiger charge is -1.99. The van der Waals surface area contributed by atoms with Crippen LogP contribution in [0.15, 0.2) is 0 Å². The lowest BCUT2D eigenvalue weighted by molar-refractivity contribution is -0.122. The van der Waals surface area contributed by atoms with E-state index in [-0.39, 0.29) is 11.8 Å². The minimum Gasteiger partial charge on any atom is -0.291 e. The maximum Gasteiger partial charge on any atom is 0.248 e. The van der Waals surface area contributed by atoms with Crippen LogP contribution in [0.4, 0.5) is 0 Å². The average Bonchev–Trinajstić information content (AvgIpc) is 2.64. The van der Waals surface area contributed by atoms with Crippen molar-refractivity contribution in [2.45, 2.75) is 12.8 Å². The van der Waals surface area contributed by atoms with Gasteiger partial charge in [0.05, 0.1) is 5.92 Å². The van der Waals surface area contributed by atoms with Crippen molar-refractivity contribution in [2.75, 3.05) is 0 Å². The van der Waals surface area contributed by atoms with E-state index < -0.39 is 0 Å².